The van der Waals surface area contributed by atoms with Crippen LogP contribution in [0.15, 0.2) is 40.2 Å². The van der Waals surface area contributed by atoms with Crippen molar-refractivity contribution in [2.75, 3.05) is 11.9 Å². The van der Waals surface area contributed by atoms with E-state index in [1.54, 1.807) is 11.3 Å². The zero-order valence-electron chi connectivity index (χ0n) is 9.61. The quantitative estimate of drug-likeness (QED) is 0.898. The monoisotopic (exact) mass is 310 g/mol. The van der Waals surface area contributed by atoms with Crippen molar-refractivity contribution in [3.8, 4) is 0 Å². The Kier molecular flexibility index (Phi) is 4.20. The Labute approximate surface area is 114 Å². The van der Waals surface area contributed by atoms with E-state index in [1.165, 1.54) is 10.4 Å². The minimum absolute atomic E-state index is 0.158. The van der Waals surface area contributed by atoms with Crippen molar-refractivity contribution in [2.45, 2.75) is 13.0 Å². The number of aryl methyl sites for hydroxylation is 1. The topological polar surface area (TPSA) is 38.0 Å². The van der Waals surface area contributed by atoms with Gasteiger partial charge in [0.15, 0.2) is 0 Å². The lowest BCUT2D eigenvalue weighted by Gasteiger charge is -2.19. The number of nitrogens with one attached hydrogen (secondary N) is 1. The minimum Gasteiger partial charge on any atom is -0.376 e. The third-order valence-corrected chi connectivity index (χ3v) is 4.66. The number of rotatable bonds is 4. The highest BCUT2D eigenvalue weighted by atomic mass is 79.9. The molecule has 1 aromatic carbocycles. The number of thiophene rings is 1. The molecule has 90 valence electrons. The molecule has 0 saturated heterocycles. The van der Waals surface area contributed by atoms with Gasteiger partial charge in [-0.2, -0.15) is 0 Å². The summed E-state index contributed by atoms with van der Waals surface area (Å²) < 4.78 is 1.12. The average molecular weight is 311 g/mol. The summed E-state index contributed by atoms with van der Waals surface area (Å²) in [7, 11) is 0. The smallest absolute Gasteiger partial charge is 0.0740 e. The van der Waals surface area contributed by atoms with Crippen LogP contribution in [0.25, 0.3) is 0 Å². The van der Waals surface area contributed by atoms with Crippen LogP contribution in [0.3, 0.4) is 0 Å². The van der Waals surface area contributed by atoms with Gasteiger partial charge in [0.2, 0.25) is 0 Å². The van der Waals surface area contributed by atoms with E-state index in [1.807, 2.05) is 12.1 Å². The highest BCUT2D eigenvalue weighted by Gasteiger charge is 2.14. The van der Waals surface area contributed by atoms with Crippen molar-refractivity contribution in [3.05, 3.63) is 50.6 Å². The maximum absolute atomic E-state index is 5.85. The van der Waals surface area contributed by atoms with Gasteiger partial charge in [0.25, 0.3) is 0 Å². The Bertz CT molecular complexity index is 496. The summed E-state index contributed by atoms with van der Waals surface area (Å²) in [6, 6.07) is 10.5. The van der Waals surface area contributed by atoms with Crippen LogP contribution >= 0.6 is 27.3 Å². The fraction of sp³-hybridized carbons (Fsp3) is 0.231. The normalized spacial score (nSPS) is 12.4. The molecular weight excluding hydrogens is 296 g/mol. The Morgan fingerprint density at radius 1 is 1.35 bits per heavy atom. The molecule has 0 spiro atoms. The molecule has 1 aromatic heterocycles. The number of hydrogen-bond acceptors (Lipinski definition) is 3. The largest absolute Gasteiger partial charge is 0.376 e. The van der Waals surface area contributed by atoms with Crippen molar-refractivity contribution < 1.29 is 0 Å². The van der Waals surface area contributed by atoms with Crippen LogP contribution in [0, 0.1) is 6.92 Å². The van der Waals surface area contributed by atoms with E-state index in [0.29, 0.717) is 6.54 Å². The van der Waals surface area contributed by atoms with Gasteiger partial charge in [-0.25, -0.2) is 0 Å². The number of halogens is 1. The van der Waals surface area contributed by atoms with Crippen molar-refractivity contribution in [1.82, 2.24) is 0 Å². The van der Waals surface area contributed by atoms with Gasteiger partial charge in [0.1, 0.15) is 0 Å². The number of nitrogens with two attached hydrogens (primary N) is 1. The van der Waals surface area contributed by atoms with Gasteiger partial charge >= 0.3 is 0 Å². The van der Waals surface area contributed by atoms with Gasteiger partial charge in [0.05, 0.1) is 6.04 Å². The summed E-state index contributed by atoms with van der Waals surface area (Å²) in [5, 5.41) is 5.57. The highest BCUT2D eigenvalue weighted by molar-refractivity contribution is 9.10. The summed E-state index contributed by atoms with van der Waals surface area (Å²) >= 11 is 5.27. The second kappa shape index (κ2) is 5.67. The van der Waals surface area contributed by atoms with E-state index in [-0.39, 0.29) is 6.04 Å². The Morgan fingerprint density at radius 3 is 2.71 bits per heavy atom. The van der Waals surface area contributed by atoms with Crippen molar-refractivity contribution in [1.29, 1.82) is 0 Å². The van der Waals surface area contributed by atoms with Gasteiger partial charge in [-0.15, -0.1) is 11.3 Å². The molecule has 0 amide bonds. The zero-order chi connectivity index (χ0) is 12.3. The minimum atomic E-state index is 0.158. The summed E-state index contributed by atoms with van der Waals surface area (Å²) in [6.07, 6.45) is 0. The Balaban J connectivity index is 2.22. The van der Waals surface area contributed by atoms with Gasteiger partial charge in [-0.1, -0.05) is 18.2 Å². The fourth-order valence-electron chi connectivity index (χ4n) is 1.71. The third-order valence-electron chi connectivity index (χ3n) is 2.67. The lowest BCUT2D eigenvalue weighted by atomic mass is 10.1. The maximum Gasteiger partial charge on any atom is 0.0740 e. The molecule has 2 rings (SSSR count). The van der Waals surface area contributed by atoms with E-state index < -0.39 is 0 Å². The molecule has 17 heavy (non-hydrogen) atoms. The standard InChI is InChI=1S/C13H15BrN2S/c1-9-4-2-3-5-11(9)16-12(8-15)13-10(14)6-7-17-13/h2-7,12,16H,8,15H2,1H3. The molecule has 0 saturated carbocycles. The summed E-state index contributed by atoms with van der Waals surface area (Å²) in [6.45, 7) is 2.67. The molecule has 0 aliphatic carbocycles. The average Bonchev–Trinajstić information content (AvgIpc) is 2.75. The molecule has 0 aliphatic heterocycles. The third kappa shape index (κ3) is 2.89. The van der Waals surface area contributed by atoms with Gasteiger partial charge in [-0.3, -0.25) is 0 Å². The van der Waals surface area contributed by atoms with Gasteiger partial charge < -0.3 is 11.1 Å². The second-order valence-electron chi connectivity index (χ2n) is 3.88. The van der Waals surface area contributed by atoms with E-state index in [2.05, 4.69) is 51.7 Å². The van der Waals surface area contributed by atoms with Crippen LogP contribution in [0.1, 0.15) is 16.5 Å². The molecule has 3 N–H and O–H groups in total. The molecule has 1 atom stereocenters. The van der Waals surface area contributed by atoms with Crippen LogP contribution < -0.4 is 11.1 Å². The summed E-state index contributed by atoms with van der Waals surface area (Å²) in [5.41, 5.74) is 8.23. The lowest BCUT2D eigenvalue weighted by Crippen LogP contribution is -2.20. The number of benzene rings is 1. The first kappa shape index (κ1) is 12.6. The molecule has 1 unspecified atom stereocenters. The van der Waals surface area contributed by atoms with Crippen LogP contribution in [0.2, 0.25) is 0 Å². The molecule has 1 heterocycles. The Hall–Kier alpha value is -0.840. The molecule has 2 aromatic rings. The Morgan fingerprint density at radius 2 is 2.12 bits per heavy atom. The predicted octanol–water partition coefficient (Wildman–Crippen LogP) is 3.93. The van der Waals surface area contributed by atoms with E-state index in [0.717, 1.165) is 10.2 Å². The molecule has 0 aliphatic rings. The first-order chi connectivity index (χ1) is 8.22. The zero-order valence-corrected chi connectivity index (χ0v) is 12.0. The molecule has 0 fully saturated rings. The van der Waals surface area contributed by atoms with E-state index >= 15 is 0 Å². The van der Waals surface area contributed by atoms with Crippen molar-refractivity contribution in [3.63, 3.8) is 0 Å². The van der Waals surface area contributed by atoms with Crippen molar-refractivity contribution in [2.24, 2.45) is 5.73 Å². The fourth-order valence-corrected chi connectivity index (χ4v) is 3.42. The van der Waals surface area contributed by atoms with Gasteiger partial charge in [-0.05, 0) is 45.9 Å². The first-order valence-corrected chi connectivity index (χ1v) is 7.14. The van der Waals surface area contributed by atoms with Crippen LogP contribution in [0.5, 0.6) is 0 Å². The van der Waals surface area contributed by atoms with Crippen LogP contribution in [-0.4, -0.2) is 6.54 Å². The predicted molar refractivity (Wildman–Crippen MR) is 78.6 cm³/mol. The highest BCUT2D eigenvalue weighted by Crippen LogP contribution is 2.31. The second-order valence-corrected chi connectivity index (χ2v) is 5.68. The number of anilines is 1. The van der Waals surface area contributed by atoms with E-state index in [4.69, 9.17) is 5.73 Å². The summed E-state index contributed by atoms with van der Waals surface area (Å²) in [5.74, 6) is 0. The van der Waals surface area contributed by atoms with Crippen LogP contribution in [-0.2, 0) is 0 Å². The van der Waals surface area contributed by atoms with Gasteiger partial charge in [0, 0.05) is 21.6 Å². The lowest BCUT2D eigenvalue weighted by molar-refractivity contribution is 0.801. The first-order valence-electron chi connectivity index (χ1n) is 5.47. The molecular formula is C13H15BrN2S. The van der Waals surface area contributed by atoms with E-state index in [9.17, 15) is 0 Å². The number of para-hydroxylation sites is 1. The number of hydrogen-bond donors (Lipinski definition) is 2. The molecule has 0 radical (unpaired) electrons. The maximum atomic E-state index is 5.85. The SMILES string of the molecule is Cc1ccccc1NC(CN)c1sccc1Br. The molecule has 4 heteroatoms. The summed E-state index contributed by atoms with van der Waals surface area (Å²) in [4.78, 5) is 1.25. The molecule has 0 bridgehead atoms. The molecule has 2 nitrogen and oxygen atoms in total. The van der Waals surface area contributed by atoms with Crippen LogP contribution in [0.4, 0.5) is 5.69 Å². The van der Waals surface area contributed by atoms with Crippen molar-refractivity contribution >= 4 is 33.0 Å².